The monoisotopic (exact) mass is 210 g/mol. The van der Waals surface area contributed by atoms with Gasteiger partial charge in [0.25, 0.3) is 0 Å². The van der Waals surface area contributed by atoms with Gasteiger partial charge in [-0.1, -0.05) is 12.1 Å². The van der Waals surface area contributed by atoms with Crippen molar-refractivity contribution in [3.63, 3.8) is 0 Å². The van der Waals surface area contributed by atoms with Crippen LogP contribution >= 0.6 is 0 Å². The smallest absolute Gasteiger partial charge is 0.341 e. The van der Waals surface area contributed by atoms with Crippen molar-refractivity contribution >= 4 is 11.5 Å². The summed E-state index contributed by atoms with van der Waals surface area (Å²) in [5.41, 5.74) is 0.600. The molecule has 0 N–H and O–H groups in total. The fraction of sp³-hybridized carbons (Fsp3) is 0.182. The van der Waals surface area contributed by atoms with E-state index in [4.69, 9.17) is 4.74 Å². The molecule has 0 radical (unpaired) electrons. The summed E-state index contributed by atoms with van der Waals surface area (Å²) in [6.45, 7) is 0. The van der Waals surface area contributed by atoms with Crippen LogP contribution in [0.15, 0.2) is 30.5 Å². The molecule has 0 aromatic heterocycles. The van der Waals surface area contributed by atoms with Gasteiger partial charge in [-0.25, -0.2) is 9.18 Å². The second-order valence-corrected chi connectivity index (χ2v) is 2.77. The Bertz CT molecular complexity index is 385. The maximum Gasteiger partial charge on any atom is 0.341 e. The van der Waals surface area contributed by atoms with Crippen molar-refractivity contribution < 1.29 is 18.7 Å². The molecule has 1 aromatic carbocycles. The molecular weight excluding hydrogens is 199 g/mol. The zero-order valence-electron chi connectivity index (χ0n) is 8.49. The van der Waals surface area contributed by atoms with Gasteiger partial charge in [-0.05, 0) is 17.7 Å². The van der Waals surface area contributed by atoms with Crippen LogP contribution < -0.4 is 0 Å². The first kappa shape index (κ1) is 11.2. The Morgan fingerprint density at radius 1 is 1.40 bits per heavy atom. The predicted molar refractivity (Wildman–Crippen MR) is 53.4 cm³/mol. The molecule has 0 heterocycles. The van der Waals surface area contributed by atoms with Gasteiger partial charge in [-0.3, -0.25) is 0 Å². The Kier molecular flexibility index (Phi) is 3.85. The molecule has 0 spiro atoms. The van der Waals surface area contributed by atoms with E-state index in [1.54, 1.807) is 6.07 Å². The summed E-state index contributed by atoms with van der Waals surface area (Å²) < 4.78 is 22.2. The molecule has 80 valence electrons. The fourth-order valence-electron chi connectivity index (χ4n) is 1.12. The van der Waals surface area contributed by atoms with Crippen molar-refractivity contribution in [1.82, 2.24) is 0 Å². The molecule has 1 rings (SSSR count). The Balaban J connectivity index is 3.10. The van der Waals surface area contributed by atoms with Crippen molar-refractivity contribution in [2.45, 2.75) is 0 Å². The first-order valence-corrected chi connectivity index (χ1v) is 4.26. The standard InChI is InChI=1S/C11H11FO3/c1-14-7-10(11(13)15-2)8-4-3-5-9(12)6-8/h3-7H,1-2H3. The van der Waals surface area contributed by atoms with Gasteiger partial charge in [0.1, 0.15) is 11.4 Å². The average Bonchev–Trinajstić information content (AvgIpc) is 2.25. The third-order valence-corrected chi connectivity index (χ3v) is 1.78. The minimum Gasteiger partial charge on any atom is -0.503 e. The number of hydrogen-bond donors (Lipinski definition) is 0. The topological polar surface area (TPSA) is 35.5 Å². The number of hydrogen-bond acceptors (Lipinski definition) is 3. The maximum atomic E-state index is 12.9. The van der Waals surface area contributed by atoms with Crippen LogP contribution in [-0.4, -0.2) is 20.2 Å². The molecule has 0 aliphatic carbocycles. The Hall–Kier alpha value is -1.84. The molecule has 0 atom stereocenters. The van der Waals surface area contributed by atoms with E-state index in [0.29, 0.717) is 5.56 Å². The number of methoxy groups -OCH3 is 2. The van der Waals surface area contributed by atoms with E-state index in [2.05, 4.69) is 4.74 Å². The summed E-state index contributed by atoms with van der Waals surface area (Å²) >= 11 is 0. The van der Waals surface area contributed by atoms with Crippen molar-refractivity contribution in [3.8, 4) is 0 Å². The molecule has 0 saturated heterocycles. The highest BCUT2D eigenvalue weighted by molar-refractivity contribution is 6.16. The summed E-state index contributed by atoms with van der Waals surface area (Å²) in [5.74, 6) is -0.985. The summed E-state index contributed by atoms with van der Waals surface area (Å²) in [6, 6.07) is 5.65. The number of benzene rings is 1. The molecule has 0 aliphatic heterocycles. The molecule has 15 heavy (non-hydrogen) atoms. The van der Waals surface area contributed by atoms with E-state index in [1.165, 1.54) is 38.7 Å². The van der Waals surface area contributed by atoms with Crippen LogP contribution in [0.3, 0.4) is 0 Å². The lowest BCUT2D eigenvalue weighted by molar-refractivity contribution is -0.133. The van der Waals surface area contributed by atoms with E-state index >= 15 is 0 Å². The zero-order chi connectivity index (χ0) is 11.3. The molecule has 0 aliphatic rings. The highest BCUT2D eigenvalue weighted by Gasteiger charge is 2.13. The molecule has 4 heteroatoms. The minimum absolute atomic E-state index is 0.180. The zero-order valence-corrected chi connectivity index (χ0v) is 8.49. The quantitative estimate of drug-likeness (QED) is 0.434. The molecular formula is C11H11FO3. The van der Waals surface area contributed by atoms with Crippen molar-refractivity contribution in [1.29, 1.82) is 0 Å². The van der Waals surface area contributed by atoms with Gasteiger partial charge in [0.2, 0.25) is 0 Å². The van der Waals surface area contributed by atoms with Gasteiger partial charge in [0.05, 0.1) is 20.5 Å². The van der Waals surface area contributed by atoms with Crippen LogP contribution in [0.4, 0.5) is 4.39 Å². The highest BCUT2D eigenvalue weighted by Crippen LogP contribution is 2.16. The fourth-order valence-corrected chi connectivity index (χ4v) is 1.12. The number of halogens is 1. The Morgan fingerprint density at radius 2 is 2.13 bits per heavy atom. The molecule has 0 bridgehead atoms. The SMILES string of the molecule is COC=C(C(=O)OC)c1cccc(F)c1. The Labute approximate surface area is 87.1 Å². The normalized spacial score (nSPS) is 11.0. The van der Waals surface area contributed by atoms with Crippen LogP contribution in [0, 0.1) is 5.82 Å². The summed E-state index contributed by atoms with van der Waals surface area (Å²) in [4.78, 5) is 11.3. The largest absolute Gasteiger partial charge is 0.503 e. The van der Waals surface area contributed by atoms with Crippen LogP contribution in [-0.2, 0) is 14.3 Å². The van der Waals surface area contributed by atoms with Crippen molar-refractivity contribution in [2.75, 3.05) is 14.2 Å². The van der Waals surface area contributed by atoms with Gasteiger partial charge in [-0.2, -0.15) is 0 Å². The lowest BCUT2D eigenvalue weighted by atomic mass is 10.1. The van der Waals surface area contributed by atoms with Gasteiger partial charge >= 0.3 is 5.97 Å². The number of carbonyl (C=O) groups is 1. The maximum absolute atomic E-state index is 12.9. The van der Waals surface area contributed by atoms with E-state index in [0.717, 1.165) is 0 Å². The second kappa shape index (κ2) is 5.14. The first-order chi connectivity index (χ1) is 7.19. The molecule has 0 saturated carbocycles. The molecule has 0 fully saturated rings. The van der Waals surface area contributed by atoms with Crippen LogP contribution in [0.5, 0.6) is 0 Å². The van der Waals surface area contributed by atoms with Crippen LogP contribution in [0.2, 0.25) is 0 Å². The molecule has 0 unspecified atom stereocenters. The predicted octanol–water partition coefficient (Wildman–Crippen LogP) is 1.99. The van der Waals surface area contributed by atoms with Crippen LogP contribution in [0.1, 0.15) is 5.56 Å². The van der Waals surface area contributed by atoms with Crippen LogP contribution in [0.25, 0.3) is 5.57 Å². The van der Waals surface area contributed by atoms with Gasteiger partial charge in [-0.15, -0.1) is 0 Å². The van der Waals surface area contributed by atoms with E-state index in [1.807, 2.05) is 0 Å². The summed E-state index contributed by atoms with van der Waals surface area (Å²) in [7, 11) is 2.66. The highest BCUT2D eigenvalue weighted by atomic mass is 19.1. The summed E-state index contributed by atoms with van der Waals surface area (Å²) in [5, 5.41) is 0. The first-order valence-electron chi connectivity index (χ1n) is 4.26. The van der Waals surface area contributed by atoms with Crippen molar-refractivity contribution in [3.05, 3.63) is 41.9 Å². The lowest BCUT2D eigenvalue weighted by Gasteiger charge is -2.05. The summed E-state index contributed by atoms with van der Waals surface area (Å²) in [6.07, 6.45) is 1.22. The van der Waals surface area contributed by atoms with Gasteiger partial charge in [0, 0.05) is 0 Å². The molecule has 1 aromatic rings. The number of esters is 1. The number of ether oxygens (including phenoxy) is 2. The molecule has 3 nitrogen and oxygen atoms in total. The second-order valence-electron chi connectivity index (χ2n) is 2.77. The number of rotatable bonds is 3. The van der Waals surface area contributed by atoms with E-state index in [9.17, 15) is 9.18 Å². The minimum atomic E-state index is -0.567. The van der Waals surface area contributed by atoms with Gasteiger partial charge in [0.15, 0.2) is 0 Å². The Morgan fingerprint density at radius 3 is 2.67 bits per heavy atom. The third-order valence-electron chi connectivity index (χ3n) is 1.78. The number of carbonyl (C=O) groups excluding carboxylic acids is 1. The van der Waals surface area contributed by atoms with Crippen molar-refractivity contribution in [2.24, 2.45) is 0 Å². The molecule has 0 amide bonds. The van der Waals surface area contributed by atoms with E-state index < -0.39 is 11.8 Å². The van der Waals surface area contributed by atoms with Gasteiger partial charge < -0.3 is 9.47 Å². The van der Waals surface area contributed by atoms with E-state index in [-0.39, 0.29) is 5.57 Å². The average molecular weight is 210 g/mol. The third kappa shape index (κ3) is 2.80. The lowest BCUT2D eigenvalue weighted by Crippen LogP contribution is -2.04.